The van der Waals surface area contributed by atoms with Crippen LogP contribution in [0.25, 0.3) is 0 Å². The number of hydrogen-bond acceptors (Lipinski definition) is 9. The van der Waals surface area contributed by atoms with Crippen molar-refractivity contribution in [3.8, 4) is 11.8 Å². The van der Waals surface area contributed by atoms with E-state index in [1.54, 1.807) is 17.0 Å². The maximum absolute atomic E-state index is 12.8. The Kier molecular flexibility index (Phi) is 11.8. The number of carbonyl (C=O) groups is 2. The van der Waals surface area contributed by atoms with Gasteiger partial charge in [-0.05, 0) is 64.7 Å². The number of benzene rings is 1. The molecule has 0 fully saturated rings. The number of amides is 1. The molecule has 2 aromatic rings. The number of nitrogens with one attached hydrogen (secondary N) is 1. The van der Waals surface area contributed by atoms with Crippen LogP contribution >= 0.6 is 0 Å². The molecule has 0 atom stereocenters. The number of hydrogen-bond donors (Lipinski definition) is 2. The summed E-state index contributed by atoms with van der Waals surface area (Å²) in [6, 6.07) is 5.21. The Morgan fingerprint density at radius 3 is 2.48 bits per heavy atom. The van der Waals surface area contributed by atoms with E-state index in [1.807, 2.05) is 27.7 Å². The first-order valence-electron chi connectivity index (χ1n) is 14.2. The highest BCUT2D eigenvalue weighted by Gasteiger charge is 2.22. The van der Waals surface area contributed by atoms with Crippen LogP contribution in [0.4, 0.5) is 10.7 Å². The van der Waals surface area contributed by atoms with E-state index >= 15 is 0 Å². The predicted octanol–water partition coefficient (Wildman–Crippen LogP) is 5.33. The molecule has 0 saturated carbocycles. The number of nitrogens with zero attached hydrogens (tertiary/aromatic N) is 4. The first-order chi connectivity index (χ1) is 19.1. The maximum Gasteiger partial charge on any atom is 0.410 e. The number of carboxylic acid groups (broad SMARTS) is 1. The van der Waals surface area contributed by atoms with Gasteiger partial charge in [0.15, 0.2) is 0 Å². The normalized spacial score (nSPS) is 16.1. The van der Waals surface area contributed by atoms with Crippen molar-refractivity contribution in [2.45, 2.75) is 84.7 Å². The zero-order valence-electron chi connectivity index (χ0n) is 24.2. The summed E-state index contributed by atoms with van der Waals surface area (Å²) in [6.07, 6.45) is 6.69. The minimum Gasteiger partial charge on any atom is -0.493 e. The van der Waals surface area contributed by atoms with E-state index in [9.17, 15) is 14.7 Å². The molecule has 11 nitrogen and oxygen atoms in total. The first-order valence-corrected chi connectivity index (χ1v) is 14.2. The lowest BCUT2D eigenvalue weighted by atomic mass is 10.1. The number of aromatic nitrogens is 3. The third-order valence-electron chi connectivity index (χ3n) is 6.19. The Balaban J connectivity index is 1.81. The lowest BCUT2D eigenvalue weighted by Gasteiger charge is -2.27. The maximum atomic E-state index is 12.8. The number of carbonyl (C=O) groups excluding carboxylic acids is 1. The smallest absolute Gasteiger partial charge is 0.410 e. The summed E-state index contributed by atoms with van der Waals surface area (Å²) in [5.74, 6) is 0.152. The average Bonchev–Trinajstić information content (AvgIpc) is 2.87. The molecular formula is C29H43N5O6. The van der Waals surface area contributed by atoms with Gasteiger partial charge in [0.2, 0.25) is 5.95 Å². The summed E-state index contributed by atoms with van der Waals surface area (Å²) in [5, 5.41) is 13.0. The Labute approximate surface area is 236 Å². The largest absolute Gasteiger partial charge is 0.493 e. The molecule has 0 radical (unpaired) electrons. The lowest BCUT2D eigenvalue weighted by molar-refractivity contribution is 0.0238. The van der Waals surface area contributed by atoms with Gasteiger partial charge in [-0.25, -0.2) is 9.59 Å². The van der Waals surface area contributed by atoms with Crippen LogP contribution in [0.5, 0.6) is 11.8 Å². The molecule has 4 bridgehead atoms. The van der Waals surface area contributed by atoms with Gasteiger partial charge in [0.05, 0.1) is 13.2 Å². The van der Waals surface area contributed by atoms with Crippen molar-refractivity contribution in [1.29, 1.82) is 0 Å². The van der Waals surface area contributed by atoms with Gasteiger partial charge in [0.25, 0.3) is 0 Å². The van der Waals surface area contributed by atoms with Gasteiger partial charge in [-0.2, -0.15) is 15.0 Å². The van der Waals surface area contributed by atoms with E-state index in [4.69, 9.17) is 14.2 Å². The molecule has 40 heavy (non-hydrogen) atoms. The highest BCUT2D eigenvalue weighted by molar-refractivity contribution is 5.91. The molecule has 1 aromatic carbocycles. The van der Waals surface area contributed by atoms with Gasteiger partial charge in [-0.3, -0.25) is 0 Å². The lowest BCUT2D eigenvalue weighted by Crippen LogP contribution is -2.38. The molecule has 1 aromatic heterocycles. The van der Waals surface area contributed by atoms with Crippen molar-refractivity contribution < 1.29 is 28.9 Å². The molecule has 1 aliphatic rings. The number of ether oxygens (including phenoxy) is 3. The average molecular weight is 558 g/mol. The van der Waals surface area contributed by atoms with Crippen LogP contribution in [0.2, 0.25) is 0 Å². The fourth-order valence-corrected chi connectivity index (χ4v) is 4.30. The van der Waals surface area contributed by atoms with Crippen LogP contribution in [-0.4, -0.2) is 75.5 Å². The third-order valence-corrected chi connectivity index (χ3v) is 6.19. The number of anilines is 1. The summed E-state index contributed by atoms with van der Waals surface area (Å²) in [4.78, 5) is 39.8. The van der Waals surface area contributed by atoms with E-state index in [0.29, 0.717) is 44.3 Å². The molecule has 0 unspecified atom stereocenters. The Morgan fingerprint density at radius 2 is 1.75 bits per heavy atom. The van der Waals surface area contributed by atoms with E-state index in [2.05, 4.69) is 20.3 Å². The Morgan fingerprint density at radius 1 is 1.02 bits per heavy atom. The van der Waals surface area contributed by atoms with Gasteiger partial charge < -0.3 is 29.5 Å². The number of fused-ring (bicyclic) bond motifs is 4. The molecule has 0 spiro atoms. The first kappa shape index (κ1) is 30.9. The van der Waals surface area contributed by atoms with E-state index < -0.39 is 11.6 Å². The Hall–Kier alpha value is -3.63. The van der Waals surface area contributed by atoms with Gasteiger partial charge in [0.1, 0.15) is 22.7 Å². The zero-order valence-corrected chi connectivity index (χ0v) is 24.2. The van der Waals surface area contributed by atoms with Crippen molar-refractivity contribution in [3.63, 3.8) is 0 Å². The topological polar surface area (TPSA) is 136 Å². The minimum absolute atomic E-state index is 0.0687. The van der Waals surface area contributed by atoms with Crippen molar-refractivity contribution in [3.05, 3.63) is 35.2 Å². The van der Waals surface area contributed by atoms with Crippen LogP contribution in [0.15, 0.2) is 18.2 Å². The molecule has 1 amide bonds. The molecule has 0 aliphatic carbocycles. The van der Waals surface area contributed by atoms with Gasteiger partial charge in [-0.1, -0.05) is 31.7 Å². The second kappa shape index (κ2) is 15.2. The van der Waals surface area contributed by atoms with Gasteiger partial charge >= 0.3 is 18.1 Å². The molecular weight excluding hydrogens is 514 g/mol. The van der Waals surface area contributed by atoms with Crippen molar-refractivity contribution in [2.75, 3.05) is 38.2 Å². The van der Waals surface area contributed by atoms with Crippen LogP contribution in [0.1, 0.15) is 94.4 Å². The third kappa shape index (κ3) is 10.5. The van der Waals surface area contributed by atoms with Crippen LogP contribution in [0.3, 0.4) is 0 Å². The van der Waals surface area contributed by atoms with E-state index in [-0.39, 0.29) is 30.0 Å². The molecule has 220 valence electrons. The summed E-state index contributed by atoms with van der Waals surface area (Å²) in [7, 11) is 0. The summed E-state index contributed by atoms with van der Waals surface area (Å²) >= 11 is 0. The second-order valence-electron chi connectivity index (χ2n) is 10.8. The number of carboxylic acids is 1. The molecule has 0 saturated heterocycles. The highest BCUT2D eigenvalue weighted by atomic mass is 16.6. The van der Waals surface area contributed by atoms with E-state index in [1.165, 1.54) is 6.07 Å². The van der Waals surface area contributed by atoms with Gasteiger partial charge in [-0.15, -0.1) is 0 Å². The molecule has 1 aliphatic heterocycles. The summed E-state index contributed by atoms with van der Waals surface area (Å²) in [5.41, 5.74) is 0.280. The number of aromatic carboxylic acids is 1. The monoisotopic (exact) mass is 557 g/mol. The zero-order chi connectivity index (χ0) is 29.0. The standard InChI is InChI=1S/C29H43N5O6/c1-5-38-27-32-24-20-21-13-14-22(25(35)36)23(19-21)39-18-12-17-34(28(37)40-29(2,3)4)16-11-9-7-6-8-10-15-30-26(31-24)33-27/h13-14,19H,5-12,15-18,20H2,1-4H3,(H,35,36)(H,30,31,32,33). The molecule has 11 heteroatoms. The summed E-state index contributed by atoms with van der Waals surface area (Å²) < 4.78 is 17.1. The minimum atomic E-state index is -1.08. The van der Waals surface area contributed by atoms with Gasteiger partial charge in [0, 0.05) is 26.1 Å². The molecule has 3 rings (SSSR count). The number of rotatable bonds is 3. The fourth-order valence-electron chi connectivity index (χ4n) is 4.30. The van der Waals surface area contributed by atoms with Crippen molar-refractivity contribution in [2.24, 2.45) is 0 Å². The quantitative estimate of drug-likeness (QED) is 0.509. The molecule has 2 N–H and O–H groups in total. The second-order valence-corrected chi connectivity index (χ2v) is 10.8. The van der Waals surface area contributed by atoms with Crippen LogP contribution in [0, 0.1) is 0 Å². The van der Waals surface area contributed by atoms with E-state index in [0.717, 1.165) is 50.6 Å². The predicted molar refractivity (Wildman–Crippen MR) is 151 cm³/mol. The SMILES string of the molecule is CCOc1nc2nc(n1)NCCCCCCCCN(C(=O)OC(C)(C)C)CCCOc1cc(ccc1C(=O)O)C2. The van der Waals surface area contributed by atoms with Crippen molar-refractivity contribution in [1.82, 2.24) is 19.9 Å². The van der Waals surface area contributed by atoms with Crippen molar-refractivity contribution >= 4 is 18.0 Å². The Bertz CT molecular complexity index is 1120. The highest BCUT2D eigenvalue weighted by Crippen LogP contribution is 2.23. The van der Waals surface area contributed by atoms with Crippen LogP contribution in [-0.2, 0) is 11.2 Å². The molecule has 2 heterocycles. The fraction of sp³-hybridized carbons (Fsp3) is 0.621. The summed E-state index contributed by atoms with van der Waals surface area (Å²) in [6.45, 7) is 9.90. The van der Waals surface area contributed by atoms with Crippen LogP contribution < -0.4 is 14.8 Å².